The van der Waals surface area contributed by atoms with Crippen LogP contribution in [0, 0.1) is 0 Å². The van der Waals surface area contributed by atoms with Crippen LogP contribution in [0.3, 0.4) is 0 Å². The van der Waals surface area contributed by atoms with Crippen molar-refractivity contribution in [2.45, 2.75) is 19.4 Å². The third-order valence-electron chi connectivity index (χ3n) is 2.44. The molecule has 0 fully saturated rings. The Labute approximate surface area is 107 Å². The van der Waals surface area contributed by atoms with Crippen molar-refractivity contribution < 1.29 is 9.59 Å². The van der Waals surface area contributed by atoms with Gasteiger partial charge >= 0.3 is 0 Å². The molecule has 98 valence electrons. The monoisotopic (exact) mass is 249 g/mol. The van der Waals surface area contributed by atoms with E-state index in [9.17, 15) is 9.59 Å². The summed E-state index contributed by atoms with van der Waals surface area (Å²) in [5, 5.41) is 5.19. The molecule has 1 aromatic carbocycles. The highest BCUT2D eigenvalue weighted by Crippen LogP contribution is 2.08. The van der Waals surface area contributed by atoms with E-state index < -0.39 is 6.04 Å². The molecule has 0 aliphatic heterocycles. The highest BCUT2D eigenvalue weighted by Gasteiger charge is 2.15. The Morgan fingerprint density at radius 1 is 1.22 bits per heavy atom. The van der Waals surface area contributed by atoms with Crippen LogP contribution in [0.1, 0.15) is 24.9 Å². The second-order valence-electron chi connectivity index (χ2n) is 3.96. The molecule has 0 aliphatic carbocycles. The van der Waals surface area contributed by atoms with Crippen LogP contribution in [0.4, 0.5) is 0 Å². The molecule has 0 spiro atoms. The van der Waals surface area contributed by atoms with Crippen LogP contribution < -0.4 is 16.4 Å². The van der Waals surface area contributed by atoms with Crippen LogP contribution in [0.2, 0.25) is 0 Å². The van der Waals surface area contributed by atoms with Gasteiger partial charge < -0.3 is 16.4 Å². The average Bonchev–Trinajstić information content (AvgIpc) is 2.42. The van der Waals surface area contributed by atoms with E-state index >= 15 is 0 Å². The number of hydrogen-bond donors (Lipinski definition) is 3. The minimum absolute atomic E-state index is 0.0423. The molecular formula is C13H19N3O2. The van der Waals surface area contributed by atoms with E-state index in [0.717, 1.165) is 12.0 Å². The first kappa shape index (κ1) is 14.2. The normalized spacial score (nSPS) is 11.7. The van der Waals surface area contributed by atoms with Gasteiger partial charge in [-0.15, -0.1) is 0 Å². The van der Waals surface area contributed by atoms with Crippen molar-refractivity contribution in [3.63, 3.8) is 0 Å². The second kappa shape index (κ2) is 7.45. The van der Waals surface area contributed by atoms with Crippen molar-refractivity contribution in [2.75, 3.05) is 13.1 Å². The summed E-state index contributed by atoms with van der Waals surface area (Å²) >= 11 is 0. The molecular weight excluding hydrogens is 230 g/mol. The lowest BCUT2D eigenvalue weighted by Gasteiger charge is -2.12. The van der Waals surface area contributed by atoms with Gasteiger partial charge in [0.2, 0.25) is 11.8 Å². The highest BCUT2D eigenvalue weighted by molar-refractivity contribution is 5.87. The zero-order valence-corrected chi connectivity index (χ0v) is 10.5. The summed E-state index contributed by atoms with van der Waals surface area (Å²) in [6, 6.07) is 8.30. The lowest BCUT2D eigenvalue weighted by Crippen LogP contribution is -2.41. The van der Waals surface area contributed by atoms with Crippen LogP contribution in [0.5, 0.6) is 0 Å². The molecule has 0 bridgehead atoms. The van der Waals surface area contributed by atoms with Crippen molar-refractivity contribution in [2.24, 2.45) is 5.73 Å². The number of amides is 2. The molecule has 18 heavy (non-hydrogen) atoms. The Morgan fingerprint density at radius 2 is 1.89 bits per heavy atom. The smallest absolute Gasteiger partial charge is 0.241 e. The van der Waals surface area contributed by atoms with Gasteiger partial charge in [-0.05, 0) is 12.0 Å². The first-order valence-electron chi connectivity index (χ1n) is 6.00. The van der Waals surface area contributed by atoms with Gasteiger partial charge in [-0.1, -0.05) is 37.3 Å². The summed E-state index contributed by atoms with van der Waals surface area (Å²) in [5.41, 5.74) is 6.51. The fourth-order valence-electron chi connectivity index (χ4n) is 1.42. The Hall–Kier alpha value is -1.88. The lowest BCUT2D eigenvalue weighted by atomic mass is 10.1. The molecule has 1 rings (SSSR count). The molecule has 0 aliphatic rings. The SMILES string of the molecule is CCCNC(=O)CNC(=O)C(N)c1ccccc1. The molecule has 0 heterocycles. The van der Waals surface area contributed by atoms with Gasteiger partial charge in [-0.3, -0.25) is 9.59 Å². The summed E-state index contributed by atoms with van der Waals surface area (Å²) in [4.78, 5) is 23.0. The molecule has 0 aromatic heterocycles. The first-order chi connectivity index (χ1) is 8.65. The fraction of sp³-hybridized carbons (Fsp3) is 0.385. The number of nitrogens with two attached hydrogens (primary N) is 1. The Bertz CT molecular complexity index is 392. The number of carbonyl (C=O) groups is 2. The minimum Gasteiger partial charge on any atom is -0.355 e. The van der Waals surface area contributed by atoms with Gasteiger partial charge in [0.1, 0.15) is 6.04 Å². The van der Waals surface area contributed by atoms with E-state index in [1.54, 1.807) is 12.1 Å². The quantitative estimate of drug-likeness (QED) is 0.679. The van der Waals surface area contributed by atoms with Crippen LogP contribution in [-0.4, -0.2) is 24.9 Å². The topological polar surface area (TPSA) is 84.2 Å². The van der Waals surface area contributed by atoms with Crippen LogP contribution in [0.25, 0.3) is 0 Å². The van der Waals surface area contributed by atoms with E-state index in [0.29, 0.717) is 6.54 Å². The number of nitrogens with one attached hydrogen (secondary N) is 2. The summed E-state index contributed by atoms with van der Waals surface area (Å²) in [5.74, 6) is -0.557. The molecule has 2 amide bonds. The van der Waals surface area contributed by atoms with E-state index in [1.807, 2.05) is 25.1 Å². The fourth-order valence-corrected chi connectivity index (χ4v) is 1.42. The zero-order valence-electron chi connectivity index (χ0n) is 10.5. The van der Waals surface area contributed by atoms with Gasteiger partial charge in [0.05, 0.1) is 6.54 Å². The maximum atomic E-state index is 11.7. The molecule has 4 N–H and O–H groups in total. The van der Waals surface area contributed by atoms with Gasteiger partial charge in [0.15, 0.2) is 0 Å². The number of hydrogen-bond acceptors (Lipinski definition) is 3. The average molecular weight is 249 g/mol. The largest absolute Gasteiger partial charge is 0.355 e. The third kappa shape index (κ3) is 4.55. The Balaban J connectivity index is 2.39. The number of carbonyl (C=O) groups excluding carboxylic acids is 2. The predicted octanol–water partition coefficient (Wildman–Crippen LogP) is 0.329. The van der Waals surface area contributed by atoms with Crippen molar-refractivity contribution in [1.82, 2.24) is 10.6 Å². The number of rotatable bonds is 6. The van der Waals surface area contributed by atoms with Gasteiger partial charge in [0, 0.05) is 6.54 Å². The Kier molecular flexibility index (Phi) is 5.87. The predicted molar refractivity (Wildman–Crippen MR) is 69.7 cm³/mol. The van der Waals surface area contributed by atoms with Gasteiger partial charge in [0.25, 0.3) is 0 Å². The van der Waals surface area contributed by atoms with Crippen molar-refractivity contribution in [3.8, 4) is 0 Å². The van der Waals surface area contributed by atoms with Crippen LogP contribution in [-0.2, 0) is 9.59 Å². The van der Waals surface area contributed by atoms with Crippen molar-refractivity contribution in [3.05, 3.63) is 35.9 Å². The van der Waals surface area contributed by atoms with E-state index in [2.05, 4.69) is 10.6 Å². The zero-order chi connectivity index (χ0) is 13.4. The van der Waals surface area contributed by atoms with E-state index in [4.69, 9.17) is 5.73 Å². The van der Waals surface area contributed by atoms with E-state index in [-0.39, 0.29) is 18.4 Å². The first-order valence-corrected chi connectivity index (χ1v) is 6.00. The van der Waals surface area contributed by atoms with Crippen LogP contribution >= 0.6 is 0 Å². The molecule has 1 atom stereocenters. The summed E-state index contributed by atoms with van der Waals surface area (Å²) < 4.78 is 0. The van der Waals surface area contributed by atoms with E-state index in [1.165, 1.54) is 0 Å². The summed E-state index contributed by atoms with van der Waals surface area (Å²) in [6.45, 7) is 2.53. The summed E-state index contributed by atoms with van der Waals surface area (Å²) in [7, 11) is 0. The third-order valence-corrected chi connectivity index (χ3v) is 2.44. The van der Waals surface area contributed by atoms with Crippen molar-refractivity contribution in [1.29, 1.82) is 0 Å². The molecule has 0 saturated heterocycles. The maximum Gasteiger partial charge on any atom is 0.241 e. The molecule has 1 unspecified atom stereocenters. The molecule has 0 saturated carbocycles. The Morgan fingerprint density at radius 3 is 2.50 bits per heavy atom. The summed E-state index contributed by atoms with van der Waals surface area (Å²) in [6.07, 6.45) is 0.864. The molecule has 5 heteroatoms. The van der Waals surface area contributed by atoms with Crippen molar-refractivity contribution >= 4 is 11.8 Å². The van der Waals surface area contributed by atoms with Crippen LogP contribution in [0.15, 0.2) is 30.3 Å². The molecule has 0 radical (unpaired) electrons. The highest BCUT2D eigenvalue weighted by atomic mass is 16.2. The minimum atomic E-state index is -0.745. The number of benzene rings is 1. The second-order valence-corrected chi connectivity index (χ2v) is 3.96. The lowest BCUT2D eigenvalue weighted by molar-refractivity contribution is -0.126. The van der Waals surface area contributed by atoms with Gasteiger partial charge in [-0.2, -0.15) is 0 Å². The molecule has 1 aromatic rings. The maximum absolute atomic E-state index is 11.7. The van der Waals surface area contributed by atoms with Gasteiger partial charge in [-0.25, -0.2) is 0 Å². The standard InChI is InChI=1S/C13H19N3O2/c1-2-8-15-11(17)9-16-13(18)12(14)10-6-4-3-5-7-10/h3-7,12H,2,8-9,14H2,1H3,(H,15,17)(H,16,18). The molecule has 5 nitrogen and oxygen atoms in total.